The van der Waals surface area contributed by atoms with Crippen molar-refractivity contribution in [3.63, 3.8) is 0 Å². The molecular weight excluding hydrogens is 268 g/mol. The summed E-state index contributed by atoms with van der Waals surface area (Å²) in [6, 6.07) is 2.06. The molecule has 1 fully saturated rings. The summed E-state index contributed by atoms with van der Waals surface area (Å²) in [4.78, 5) is 4.35. The SMILES string of the molecule is CNCc1cc(Br)cnc1OC1CCCC1. The number of aromatic nitrogens is 1. The summed E-state index contributed by atoms with van der Waals surface area (Å²) in [5, 5.41) is 3.14. The van der Waals surface area contributed by atoms with E-state index in [0.717, 1.165) is 35.3 Å². The van der Waals surface area contributed by atoms with Gasteiger partial charge in [0, 0.05) is 22.8 Å². The van der Waals surface area contributed by atoms with Gasteiger partial charge < -0.3 is 10.1 Å². The molecule has 0 saturated heterocycles. The molecular formula is C12H17BrN2O. The molecule has 88 valence electrons. The Kier molecular flexibility index (Phi) is 4.18. The maximum atomic E-state index is 5.94. The van der Waals surface area contributed by atoms with Gasteiger partial charge in [0.05, 0.1) is 0 Å². The molecule has 0 amide bonds. The number of nitrogens with zero attached hydrogens (tertiary/aromatic N) is 1. The van der Waals surface area contributed by atoms with E-state index in [9.17, 15) is 0 Å². The zero-order valence-electron chi connectivity index (χ0n) is 9.50. The van der Waals surface area contributed by atoms with Crippen LogP contribution in [0.2, 0.25) is 0 Å². The van der Waals surface area contributed by atoms with Gasteiger partial charge in [-0.25, -0.2) is 4.98 Å². The lowest BCUT2D eigenvalue weighted by Gasteiger charge is -2.15. The molecule has 0 aromatic carbocycles. The third kappa shape index (κ3) is 2.95. The molecule has 4 heteroatoms. The average molecular weight is 285 g/mol. The summed E-state index contributed by atoms with van der Waals surface area (Å²) >= 11 is 3.43. The summed E-state index contributed by atoms with van der Waals surface area (Å²) in [6.45, 7) is 0.786. The number of nitrogens with one attached hydrogen (secondary N) is 1. The second-order valence-corrected chi connectivity index (χ2v) is 5.09. The van der Waals surface area contributed by atoms with Crippen LogP contribution < -0.4 is 10.1 Å². The molecule has 1 aromatic heterocycles. The Balaban J connectivity index is 2.11. The van der Waals surface area contributed by atoms with Crippen LogP contribution in [0.3, 0.4) is 0 Å². The minimum Gasteiger partial charge on any atom is -0.474 e. The van der Waals surface area contributed by atoms with Crippen molar-refractivity contribution in [1.29, 1.82) is 0 Å². The average Bonchev–Trinajstić information content (AvgIpc) is 2.75. The first-order valence-corrected chi connectivity index (χ1v) is 6.54. The topological polar surface area (TPSA) is 34.2 Å². The smallest absolute Gasteiger partial charge is 0.218 e. The highest BCUT2D eigenvalue weighted by Crippen LogP contribution is 2.26. The van der Waals surface area contributed by atoms with Crippen molar-refractivity contribution in [2.75, 3.05) is 7.05 Å². The fourth-order valence-corrected chi connectivity index (χ4v) is 2.43. The fourth-order valence-electron chi connectivity index (χ4n) is 2.06. The van der Waals surface area contributed by atoms with Crippen molar-refractivity contribution >= 4 is 15.9 Å². The normalized spacial score (nSPS) is 16.6. The van der Waals surface area contributed by atoms with Crippen molar-refractivity contribution in [3.05, 3.63) is 22.3 Å². The van der Waals surface area contributed by atoms with Gasteiger partial charge in [0.2, 0.25) is 5.88 Å². The Labute approximate surface area is 105 Å². The molecule has 1 heterocycles. The molecule has 1 aromatic rings. The van der Waals surface area contributed by atoms with Gasteiger partial charge in [0.15, 0.2) is 0 Å². The van der Waals surface area contributed by atoms with Gasteiger partial charge >= 0.3 is 0 Å². The molecule has 1 aliphatic rings. The first kappa shape index (κ1) is 11.9. The van der Waals surface area contributed by atoms with Crippen molar-refractivity contribution in [2.24, 2.45) is 0 Å². The first-order valence-electron chi connectivity index (χ1n) is 5.75. The number of hydrogen-bond donors (Lipinski definition) is 1. The highest BCUT2D eigenvalue weighted by Gasteiger charge is 2.18. The van der Waals surface area contributed by atoms with Crippen molar-refractivity contribution in [3.8, 4) is 5.88 Å². The van der Waals surface area contributed by atoms with E-state index in [4.69, 9.17) is 4.74 Å². The standard InChI is InChI=1S/C12H17BrN2O/c1-14-7-9-6-10(13)8-15-12(9)16-11-4-2-3-5-11/h6,8,11,14H,2-5,7H2,1H3. The molecule has 1 saturated carbocycles. The molecule has 1 aliphatic carbocycles. The van der Waals surface area contributed by atoms with Crippen molar-refractivity contribution < 1.29 is 4.74 Å². The zero-order chi connectivity index (χ0) is 11.4. The number of ether oxygens (including phenoxy) is 1. The zero-order valence-corrected chi connectivity index (χ0v) is 11.1. The van der Waals surface area contributed by atoms with Gasteiger partial charge in [-0.15, -0.1) is 0 Å². The predicted molar refractivity (Wildman–Crippen MR) is 67.6 cm³/mol. The maximum Gasteiger partial charge on any atom is 0.218 e. The van der Waals surface area contributed by atoms with E-state index in [1.54, 1.807) is 6.20 Å². The molecule has 0 radical (unpaired) electrons. The molecule has 2 rings (SSSR count). The second-order valence-electron chi connectivity index (χ2n) is 4.17. The second kappa shape index (κ2) is 5.64. The van der Waals surface area contributed by atoms with Crippen LogP contribution in [-0.2, 0) is 6.54 Å². The molecule has 3 nitrogen and oxygen atoms in total. The number of pyridine rings is 1. The van der Waals surface area contributed by atoms with Crippen LogP contribution in [0.1, 0.15) is 31.2 Å². The lowest BCUT2D eigenvalue weighted by atomic mass is 10.2. The first-order chi connectivity index (χ1) is 7.79. The van der Waals surface area contributed by atoms with Gasteiger partial charge in [-0.2, -0.15) is 0 Å². The van der Waals surface area contributed by atoms with Crippen molar-refractivity contribution in [1.82, 2.24) is 10.3 Å². The fraction of sp³-hybridized carbons (Fsp3) is 0.583. The van der Waals surface area contributed by atoms with E-state index < -0.39 is 0 Å². The van der Waals surface area contributed by atoms with Gasteiger partial charge in [0.1, 0.15) is 6.10 Å². The lowest BCUT2D eigenvalue weighted by Crippen LogP contribution is -2.15. The van der Waals surface area contributed by atoms with Crippen LogP contribution in [0.15, 0.2) is 16.7 Å². The Bertz CT molecular complexity index is 351. The van der Waals surface area contributed by atoms with E-state index in [2.05, 4.69) is 32.3 Å². The van der Waals surface area contributed by atoms with Crippen LogP contribution in [0.4, 0.5) is 0 Å². The summed E-state index contributed by atoms with van der Waals surface area (Å²) in [7, 11) is 1.93. The van der Waals surface area contributed by atoms with Gasteiger partial charge in [-0.1, -0.05) is 0 Å². The van der Waals surface area contributed by atoms with E-state index in [-0.39, 0.29) is 0 Å². The minimum atomic E-state index is 0.365. The predicted octanol–water partition coefficient (Wildman–Crippen LogP) is 2.88. The van der Waals surface area contributed by atoms with Crippen LogP contribution in [-0.4, -0.2) is 18.1 Å². The van der Waals surface area contributed by atoms with Crippen LogP contribution >= 0.6 is 15.9 Å². The van der Waals surface area contributed by atoms with Crippen LogP contribution in [0, 0.1) is 0 Å². The summed E-state index contributed by atoms with van der Waals surface area (Å²) < 4.78 is 6.94. The Hall–Kier alpha value is -0.610. The molecule has 0 unspecified atom stereocenters. The largest absolute Gasteiger partial charge is 0.474 e. The number of halogens is 1. The Morgan fingerprint density at radius 2 is 2.25 bits per heavy atom. The highest BCUT2D eigenvalue weighted by molar-refractivity contribution is 9.10. The Morgan fingerprint density at radius 1 is 1.50 bits per heavy atom. The molecule has 1 N–H and O–H groups in total. The third-order valence-electron chi connectivity index (χ3n) is 2.84. The minimum absolute atomic E-state index is 0.365. The summed E-state index contributed by atoms with van der Waals surface area (Å²) in [5.74, 6) is 0.782. The quantitative estimate of drug-likeness (QED) is 0.923. The summed E-state index contributed by atoms with van der Waals surface area (Å²) in [5.41, 5.74) is 1.11. The molecule has 0 bridgehead atoms. The van der Waals surface area contributed by atoms with Crippen molar-refractivity contribution in [2.45, 2.75) is 38.3 Å². The van der Waals surface area contributed by atoms with Crippen LogP contribution in [0.5, 0.6) is 5.88 Å². The number of rotatable bonds is 4. The van der Waals surface area contributed by atoms with Crippen LogP contribution in [0.25, 0.3) is 0 Å². The number of hydrogen-bond acceptors (Lipinski definition) is 3. The molecule has 0 atom stereocenters. The molecule has 0 aliphatic heterocycles. The highest BCUT2D eigenvalue weighted by atomic mass is 79.9. The van der Waals surface area contributed by atoms with E-state index in [0.29, 0.717) is 6.10 Å². The van der Waals surface area contributed by atoms with E-state index in [1.807, 2.05) is 7.05 Å². The van der Waals surface area contributed by atoms with Gasteiger partial charge in [0.25, 0.3) is 0 Å². The summed E-state index contributed by atoms with van der Waals surface area (Å²) in [6.07, 6.45) is 7.05. The monoisotopic (exact) mass is 284 g/mol. The lowest BCUT2D eigenvalue weighted by molar-refractivity contribution is 0.199. The van der Waals surface area contributed by atoms with Gasteiger partial charge in [-0.3, -0.25) is 0 Å². The maximum absolute atomic E-state index is 5.94. The van der Waals surface area contributed by atoms with E-state index >= 15 is 0 Å². The molecule has 0 spiro atoms. The van der Waals surface area contributed by atoms with Gasteiger partial charge in [-0.05, 0) is 54.7 Å². The van der Waals surface area contributed by atoms with E-state index in [1.165, 1.54) is 12.8 Å². The third-order valence-corrected chi connectivity index (χ3v) is 3.27. The Morgan fingerprint density at radius 3 is 2.94 bits per heavy atom. The molecule has 16 heavy (non-hydrogen) atoms.